The molecule has 0 saturated carbocycles. The summed E-state index contributed by atoms with van der Waals surface area (Å²) in [5.74, 6) is -0.189. The van der Waals surface area contributed by atoms with E-state index in [0.29, 0.717) is 12.3 Å². The Bertz CT molecular complexity index is 838. The highest BCUT2D eigenvalue weighted by Gasteiger charge is 2.32. The monoisotopic (exact) mass is 335 g/mol. The van der Waals surface area contributed by atoms with Gasteiger partial charge in [-0.15, -0.1) is 0 Å². The normalized spacial score (nSPS) is 22.6. The number of benzene rings is 1. The van der Waals surface area contributed by atoms with E-state index in [4.69, 9.17) is 4.52 Å². The first-order chi connectivity index (χ1) is 12.2. The van der Waals surface area contributed by atoms with Crippen molar-refractivity contribution in [3.8, 4) is 0 Å². The van der Waals surface area contributed by atoms with Gasteiger partial charge in [-0.25, -0.2) is 4.99 Å². The summed E-state index contributed by atoms with van der Waals surface area (Å²) in [6, 6.07) is 11.7. The van der Waals surface area contributed by atoms with Gasteiger partial charge < -0.3 is 9.42 Å². The van der Waals surface area contributed by atoms with E-state index in [1.54, 1.807) is 12.1 Å². The van der Waals surface area contributed by atoms with Crippen molar-refractivity contribution in [2.24, 2.45) is 4.99 Å². The fourth-order valence-electron chi connectivity index (χ4n) is 3.33. The maximum Gasteiger partial charge on any atom is 0.276 e. The van der Waals surface area contributed by atoms with Crippen LogP contribution in [-0.4, -0.2) is 34.6 Å². The number of likely N-dealkylation sites (tertiary alicyclic amines) is 1. The van der Waals surface area contributed by atoms with Crippen LogP contribution in [0.2, 0.25) is 0 Å². The van der Waals surface area contributed by atoms with Gasteiger partial charge in [0.25, 0.3) is 11.8 Å². The average Bonchev–Trinajstić information content (AvgIpc) is 3.32. The molecule has 0 radical (unpaired) electrons. The third kappa shape index (κ3) is 3.03. The summed E-state index contributed by atoms with van der Waals surface area (Å²) in [7, 11) is 0. The molecular formula is C19H17N3O3. The molecule has 0 N–H and O–H groups in total. The van der Waals surface area contributed by atoms with Crippen molar-refractivity contribution in [3.63, 3.8) is 0 Å². The number of allylic oxidation sites excluding steroid dienone is 1. The molecule has 2 atom stereocenters. The van der Waals surface area contributed by atoms with Crippen LogP contribution < -0.4 is 0 Å². The molecule has 1 aromatic heterocycles. The maximum absolute atomic E-state index is 12.9. The molecule has 1 aromatic carbocycles. The fraction of sp³-hybridized carbons (Fsp3) is 0.263. The maximum atomic E-state index is 12.9. The molecule has 2 aliphatic rings. The number of amides is 2. The zero-order chi connectivity index (χ0) is 17.2. The highest BCUT2D eigenvalue weighted by Crippen LogP contribution is 2.33. The molecule has 2 aliphatic heterocycles. The summed E-state index contributed by atoms with van der Waals surface area (Å²) < 4.78 is 5.31. The molecule has 3 heterocycles. The minimum absolute atomic E-state index is 0.0719. The summed E-state index contributed by atoms with van der Waals surface area (Å²) in [4.78, 5) is 29.6. The third-order valence-electron chi connectivity index (χ3n) is 4.58. The van der Waals surface area contributed by atoms with Gasteiger partial charge in [0.1, 0.15) is 5.76 Å². The molecule has 6 nitrogen and oxygen atoms in total. The fourth-order valence-corrected chi connectivity index (χ4v) is 3.33. The Labute approximate surface area is 144 Å². The predicted octanol–water partition coefficient (Wildman–Crippen LogP) is 2.90. The van der Waals surface area contributed by atoms with Gasteiger partial charge in [-0.2, -0.15) is 0 Å². The summed E-state index contributed by atoms with van der Waals surface area (Å²) in [6.07, 6.45) is 6.49. The van der Waals surface area contributed by atoms with Crippen LogP contribution in [0.3, 0.4) is 0 Å². The van der Waals surface area contributed by atoms with Crippen molar-refractivity contribution >= 4 is 18.0 Å². The van der Waals surface area contributed by atoms with Crippen LogP contribution in [0.5, 0.6) is 0 Å². The van der Waals surface area contributed by atoms with E-state index < -0.39 is 0 Å². The number of rotatable bonds is 3. The van der Waals surface area contributed by atoms with Crippen molar-refractivity contribution in [1.29, 1.82) is 0 Å². The van der Waals surface area contributed by atoms with Gasteiger partial charge in [-0.3, -0.25) is 9.59 Å². The number of hydrogen-bond acceptors (Lipinski definition) is 4. The Kier molecular flexibility index (Phi) is 4.01. The Morgan fingerprint density at radius 1 is 1.24 bits per heavy atom. The number of aromatic nitrogens is 1. The van der Waals surface area contributed by atoms with Gasteiger partial charge in [0.2, 0.25) is 0 Å². The van der Waals surface area contributed by atoms with Gasteiger partial charge in [-0.05, 0) is 18.4 Å². The van der Waals surface area contributed by atoms with Crippen LogP contribution in [-0.2, 0) is 4.79 Å². The molecule has 25 heavy (non-hydrogen) atoms. The minimum Gasteiger partial charge on any atom is -0.360 e. The van der Waals surface area contributed by atoms with E-state index in [2.05, 4.69) is 10.1 Å². The zero-order valence-corrected chi connectivity index (χ0v) is 13.5. The number of hydrogen-bond donors (Lipinski definition) is 0. The van der Waals surface area contributed by atoms with E-state index in [0.717, 1.165) is 18.4 Å². The molecule has 2 aromatic rings. The second kappa shape index (κ2) is 6.47. The first kappa shape index (κ1) is 15.5. The van der Waals surface area contributed by atoms with E-state index in [9.17, 15) is 9.59 Å². The van der Waals surface area contributed by atoms with Crippen LogP contribution in [0.25, 0.3) is 0 Å². The minimum atomic E-state index is -0.296. The van der Waals surface area contributed by atoms with Crippen LogP contribution >= 0.6 is 0 Å². The molecule has 1 unspecified atom stereocenters. The van der Waals surface area contributed by atoms with Crippen molar-refractivity contribution in [2.75, 3.05) is 6.54 Å². The number of nitrogens with zero attached hydrogens (tertiary/aromatic N) is 3. The van der Waals surface area contributed by atoms with E-state index in [-0.39, 0.29) is 29.5 Å². The highest BCUT2D eigenvalue weighted by atomic mass is 16.5. The molecule has 4 rings (SSSR count). The van der Waals surface area contributed by atoms with Crippen LogP contribution in [0.15, 0.2) is 58.1 Å². The molecule has 1 saturated heterocycles. The first-order valence-electron chi connectivity index (χ1n) is 8.31. The van der Waals surface area contributed by atoms with Crippen LogP contribution in [0.4, 0.5) is 0 Å². The zero-order valence-electron chi connectivity index (χ0n) is 13.5. The summed E-state index contributed by atoms with van der Waals surface area (Å²) in [6.45, 7) is 0.708. The molecule has 2 amide bonds. The third-order valence-corrected chi connectivity index (χ3v) is 4.58. The SMILES string of the molecule is O=C1C=CC(c2cc(C(=O)N3CCC[C@H]3c3ccccc3)no2)C=N1. The standard InChI is InChI=1S/C19H17N3O3/c23-18-9-8-14(12-20-18)17-11-15(21-25-17)19(24)22-10-4-7-16(22)13-5-2-1-3-6-13/h1-3,5-6,8-9,11-12,14,16H,4,7,10H2/t14?,16-/m0/s1. The molecule has 0 bridgehead atoms. The van der Waals surface area contributed by atoms with Gasteiger partial charge >= 0.3 is 0 Å². The lowest BCUT2D eigenvalue weighted by atomic mass is 10.0. The largest absolute Gasteiger partial charge is 0.360 e. The highest BCUT2D eigenvalue weighted by molar-refractivity contribution is 5.98. The van der Waals surface area contributed by atoms with E-state index in [1.165, 1.54) is 12.3 Å². The molecule has 1 fully saturated rings. The molecule has 0 aliphatic carbocycles. The molecular weight excluding hydrogens is 318 g/mol. The van der Waals surface area contributed by atoms with Crippen LogP contribution in [0.1, 0.15) is 46.6 Å². The second-order valence-corrected chi connectivity index (χ2v) is 6.18. The second-order valence-electron chi connectivity index (χ2n) is 6.18. The topological polar surface area (TPSA) is 75.8 Å². The quantitative estimate of drug-likeness (QED) is 0.864. The lowest BCUT2D eigenvalue weighted by molar-refractivity contribution is -0.113. The molecule has 0 spiro atoms. The molecule has 6 heteroatoms. The van der Waals surface area contributed by atoms with Gasteiger partial charge in [-0.1, -0.05) is 41.6 Å². The lowest BCUT2D eigenvalue weighted by Crippen LogP contribution is -2.30. The average molecular weight is 335 g/mol. The van der Waals surface area contributed by atoms with Gasteiger partial charge in [0.05, 0.1) is 12.0 Å². The smallest absolute Gasteiger partial charge is 0.276 e. The summed E-state index contributed by atoms with van der Waals surface area (Å²) >= 11 is 0. The molecule has 126 valence electrons. The van der Waals surface area contributed by atoms with Crippen molar-refractivity contribution in [2.45, 2.75) is 24.8 Å². The van der Waals surface area contributed by atoms with Crippen molar-refractivity contribution in [3.05, 3.63) is 65.6 Å². The van der Waals surface area contributed by atoms with Gasteiger partial charge in [0.15, 0.2) is 5.69 Å². The number of dihydropyridines is 1. The number of carbonyl (C=O) groups excluding carboxylic acids is 2. The summed E-state index contributed by atoms with van der Waals surface area (Å²) in [5, 5.41) is 3.94. The lowest BCUT2D eigenvalue weighted by Gasteiger charge is -2.24. The van der Waals surface area contributed by atoms with Crippen LogP contribution in [0, 0.1) is 0 Å². The van der Waals surface area contributed by atoms with Gasteiger partial charge in [0, 0.05) is 24.9 Å². The van der Waals surface area contributed by atoms with Crippen molar-refractivity contribution in [1.82, 2.24) is 10.1 Å². The Balaban J connectivity index is 1.54. The Morgan fingerprint density at radius 2 is 2.08 bits per heavy atom. The number of carbonyl (C=O) groups is 2. The van der Waals surface area contributed by atoms with E-state index >= 15 is 0 Å². The van der Waals surface area contributed by atoms with Crippen molar-refractivity contribution < 1.29 is 14.1 Å². The number of aliphatic imine (C=N–C) groups is 1. The Hall–Kier alpha value is -3.02. The Morgan fingerprint density at radius 3 is 2.84 bits per heavy atom. The predicted molar refractivity (Wildman–Crippen MR) is 91.3 cm³/mol. The first-order valence-corrected chi connectivity index (χ1v) is 8.31. The van der Waals surface area contributed by atoms with E-state index in [1.807, 2.05) is 35.2 Å². The summed E-state index contributed by atoms with van der Waals surface area (Å²) in [5.41, 5.74) is 1.43.